The van der Waals surface area contributed by atoms with Gasteiger partial charge in [-0.2, -0.15) is 0 Å². The summed E-state index contributed by atoms with van der Waals surface area (Å²) >= 11 is 1.49. The van der Waals surface area contributed by atoms with Crippen LogP contribution in [0.15, 0.2) is 18.2 Å². The number of benzene rings is 1. The van der Waals surface area contributed by atoms with Crippen LogP contribution in [0.4, 0.5) is 0 Å². The van der Waals surface area contributed by atoms with Crippen molar-refractivity contribution in [2.45, 2.75) is 58.4 Å². The summed E-state index contributed by atoms with van der Waals surface area (Å²) in [6.07, 6.45) is 5.35. The number of carbonyl (C=O) groups excluding carboxylic acids is 1. The minimum Gasteiger partial charge on any atom is -0.496 e. The van der Waals surface area contributed by atoms with Gasteiger partial charge in [0.05, 0.1) is 18.4 Å². The average molecular weight is 428 g/mol. The molecule has 1 aliphatic heterocycles. The molecule has 1 amide bonds. The number of amides is 1. The molecule has 2 aromatic rings. The number of aryl methyl sites for hydroxylation is 1. The topological polar surface area (TPSA) is 45.7 Å². The first-order valence-electron chi connectivity index (χ1n) is 11.2. The number of carbonyl (C=O) groups is 1. The lowest BCUT2D eigenvalue weighted by molar-refractivity contribution is 0.0577. The molecule has 1 saturated carbocycles. The van der Waals surface area contributed by atoms with Crippen molar-refractivity contribution in [2.24, 2.45) is 0 Å². The molecule has 0 spiro atoms. The van der Waals surface area contributed by atoms with Crippen LogP contribution in [-0.4, -0.2) is 60.0 Å². The minimum atomic E-state index is 0.126. The molecule has 4 rings (SSSR count). The van der Waals surface area contributed by atoms with E-state index in [1.807, 2.05) is 17.9 Å². The highest BCUT2D eigenvalue weighted by Crippen LogP contribution is 2.37. The number of thiazole rings is 1. The van der Waals surface area contributed by atoms with Crippen LogP contribution in [0, 0.1) is 6.92 Å². The fourth-order valence-corrected chi connectivity index (χ4v) is 5.72. The van der Waals surface area contributed by atoms with Crippen LogP contribution in [0.3, 0.4) is 0 Å². The monoisotopic (exact) mass is 427 g/mol. The summed E-state index contributed by atoms with van der Waals surface area (Å²) in [6.45, 7) is 9.91. The van der Waals surface area contributed by atoms with Gasteiger partial charge in [0.25, 0.3) is 5.91 Å². The zero-order valence-electron chi connectivity index (χ0n) is 18.6. The Morgan fingerprint density at radius 3 is 2.50 bits per heavy atom. The molecule has 1 aromatic carbocycles. The van der Waals surface area contributed by atoms with Crippen LogP contribution in [0.2, 0.25) is 0 Å². The molecule has 0 radical (unpaired) electrons. The maximum Gasteiger partial charge on any atom is 0.265 e. The molecule has 1 aromatic heterocycles. The minimum absolute atomic E-state index is 0.126. The molecule has 2 heterocycles. The predicted octanol–water partition coefficient (Wildman–Crippen LogP) is 4.95. The van der Waals surface area contributed by atoms with Crippen molar-refractivity contribution >= 4 is 17.2 Å². The van der Waals surface area contributed by atoms with E-state index in [4.69, 9.17) is 9.72 Å². The molecular weight excluding hydrogens is 394 g/mol. The first kappa shape index (κ1) is 21.3. The smallest absolute Gasteiger partial charge is 0.265 e. The number of ether oxygens (including phenoxy) is 1. The Labute approximate surface area is 184 Å². The van der Waals surface area contributed by atoms with Crippen molar-refractivity contribution in [3.63, 3.8) is 0 Å². The van der Waals surface area contributed by atoms with E-state index in [1.165, 1.54) is 42.6 Å². The lowest BCUT2D eigenvalue weighted by atomic mass is 10.0. The average Bonchev–Trinajstić information content (AvgIpc) is 3.43. The second kappa shape index (κ2) is 9.06. The molecule has 0 bridgehead atoms. The molecule has 1 saturated heterocycles. The van der Waals surface area contributed by atoms with E-state index in [2.05, 4.69) is 30.9 Å². The van der Waals surface area contributed by atoms with E-state index in [-0.39, 0.29) is 5.91 Å². The van der Waals surface area contributed by atoms with E-state index in [9.17, 15) is 4.79 Å². The number of piperazine rings is 1. The summed E-state index contributed by atoms with van der Waals surface area (Å²) in [5.74, 6) is 1.35. The largest absolute Gasteiger partial charge is 0.496 e. The van der Waals surface area contributed by atoms with Gasteiger partial charge in [-0.05, 0) is 43.4 Å². The van der Waals surface area contributed by atoms with E-state index in [0.29, 0.717) is 5.92 Å². The maximum atomic E-state index is 13.3. The standard InChI is InChI=1S/C24H33N3O2S/c1-16(2)18-9-10-21(29-4)20(15-18)23-25-17(3)22(30-23)24(28)27-13-11-26(12-14-27)19-7-5-6-8-19/h9-10,15-16,19H,5-8,11-14H2,1-4H3. The van der Waals surface area contributed by atoms with Gasteiger partial charge in [0, 0.05) is 32.2 Å². The molecule has 0 atom stereocenters. The van der Waals surface area contributed by atoms with Gasteiger partial charge in [-0.25, -0.2) is 4.98 Å². The summed E-state index contributed by atoms with van der Waals surface area (Å²) in [7, 11) is 1.68. The number of methoxy groups -OCH3 is 1. The van der Waals surface area contributed by atoms with Crippen molar-refractivity contribution in [3.05, 3.63) is 34.3 Å². The molecule has 6 heteroatoms. The Hall–Kier alpha value is -1.92. The molecule has 1 aliphatic carbocycles. The molecule has 30 heavy (non-hydrogen) atoms. The lowest BCUT2D eigenvalue weighted by Gasteiger charge is -2.37. The fraction of sp³-hybridized carbons (Fsp3) is 0.583. The van der Waals surface area contributed by atoms with Crippen LogP contribution in [0.1, 0.15) is 66.4 Å². The zero-order valence-corrected chi connectivity index (χ0v) is 19.4. The van der Waals surface area contributed by atoms with Gasteiger partial charge in [-0.1, -0.05) is 32.8 Å². The van der Waals surface area contributed by atoms with E-state index in [0.717, 1.165) is 59.1 Å². The van der Waals surface area contributed by atoms with Crippen molar-refractivity contribution in [1.82, 2.24) is 14.8 Å². The third kappa shape index (κ3) is 4.26. The Morgan fingerprint density at radius 1 is 1.17 bits per heavy atom. The summed E-state index contributed by atoms with van der Waals surface area (Å²) < 4.78 is 5.59. The van der Waals surface area contributed by atoms with Crippen LogP contribution >= 0.6 is 11.3 Å². The third-order valence-corrected chi connectivity index (χ3v) is 7.73. The predicted molar refractivity (Wildman–Crippen MR) is 123 cm³/mol. The van der Waals surface area contributed by atoms with Crippen molar-refractivity contribution in [1.29, 1.82) is 0 Å². The van der Waals surface area contributed by atoms with Crippen LogP contribution in [0.25, 0.3) is 10.6 Å². The van der Waals surface area contributed by atoms with Gasteiger partial charge in [0.1, 0.15) is 15.6 Å². The number of nitrogens with zero attached hydrogens (tertiary/aromatic N) is 3. The highest BCUT2D eigenvalue weighted by Gasteiger charge is 2.30. The van der Waals surface area contributed by atoms with Gasteiger partial charge in [0.2, 0.25) is 0 Å². The van der Waals surface area contributed by atoms with E-state index < -0.39 is 0 Å². The number of hydrogen-bond donors (Lipinski definition) is 0. The second-order valence-electron chi connectivity index (χ2n) is 8.81. The molecule has 2 aliphatic rings. The number of hydrogen-bond acceptors (Lipinski definition) is 5. The van der Waals surface area contributed by atoms with Gasteiger partial charge < -0.3 is 9.64 Å². The lowest BCUT2D eigenvalue weighted by Crippen LogP contribution is -2.51. The number of aromatic nitrogens is 1. The Kier molecular flexibility index (Phi) is 6.44. The first-order chi connectivity index (χ1) is 14.5. The van der Waals surface area contributed by atoms with Gasteiger partial charge in [-0.15, -0.1) is 11.3 Å². The fourth-order valence-electron chi connectivity index (χ4n) is 4.67. The summed E-state index contributed by atoms with van der Waals surface area (Å²) in [6, 6.07) is 6.99. The highest BCUT2D eigenvalue weighted by molar-refractivity contribution is 7.17. The van der Waals surface area contributed by atoms with Gasteiger partial charge in [-0.3, -0.25) is 9.69 Å². The van der Waals surface area contributed by atoms with Crippen molar-refractivity contribution < 1.29 is 9.53 Å². The quantitative estimate of drug-likeness (QED) is 0.677. The van der Waals surface area contributed by atoms with Crippen LogP contribution < -0.4 is 4.74 Å². The zero-order chi connectivity index (χ0) is 21.3. The molecule has 2 fully saturated rings. The van der Waals surface area contributed by atoms with Gasteiger partial charge >= 0.3 is 0 Å². The SMILES string of the molecule is COc1ccc(C(C)C)cc1-c1nc(C)c(C(=O)N2CCN(C3CCCC3)CC2)s1. The van der Waals surface area contributed by atoms with Crippen LogP contribution in [0.5, 0.6) is 5.75 Å². The third-order valence-electron chi connectivity index (χ3n) is 6.55. The first-order valence-corrected chi connectivity index (χ1v) is 12.0. The van der Waals surface area contributed by atoms with Crippen molar-refractivity contribution in [2.75, 3.05) is 33.3 Å². The Morgan fingerprint density at radius 2 is 1.87 bits per heavy atom. The van der Waals surface area contributed by atoms with E-state index in [1.54, 1.807) is 7.11 Å². The Balaban J connectivity index is 1.52. The second-order valence-corrected chi connectivity index (χ2v) is 9.81. The molecular formula is C24H33N3O2S. The molecule has 0 N–H and O–H groups in total. The highest BCUT2D eigenvalue weighted by atomic mass is 32.1. The summed E-state index contributed by atoms with van der Waals surface area (Å²) in [5, 5.41) is 0.861. The molecule has 5 nitrogen and oxygen atoms in total. The summed E-state index contributed by atoms with van der Waals surface area (Å²) in [5.41, 5.74) is 3.03. The van der Waals surface area contributed by atoms with E-state index >= 15 is 0 Å². The number of rotatable bonds is 5. The molecule has 0 unspecified atom stereocenters. The van der Waals surface area contributed by atoms with Crippen LogP contribution in [-0.2, 0) is 0 Å². The van der Waals surface area contributed by atoms with Gasteiger partial charge in [0.15, 0.2) is 0 Å². The summed E-state index contributed by atoms with van der Waals surface area (Å²) in [4.78, 5) is 23.4. The normalized spacial score (nSPS) is 18.4. The molecule has 162 valence electrons. The maximum absolute atomic E-state index is 13.3. The van der Waals surface area contributed by atoms with Crippen molar-refractivity contribution in [3.8, 4) is 16.3 Å². The Bertz CT molecular complexity index is 894.